The number of carboxylic acid groups (broad SMARTS) is 5. The topological polar surface area (TPSA) is 400 Å². The molecule has 1 unspecified atom stereocenters. The lowest BCUT2D eigenvalue weighted by molar-refractivity contribution is -0.148. The molecule has 7 atom stereocenters. The fourth-order valence-electron chi connectivity index (χ4n) is 8.50. The van der Waals surface area contributed by atoms with Gasteiger partial charge in [-0.25, -0.2) is 14.6 Å². The number of nitrogens with two attached hydrogens (primary N) is 1. The average Bonchev–Trinajstić information content (AvgIpc) is 3.86. The predicted octanol–water partition coefficient (Wildman–Crippen LogP) is 4.65. The van der Waals surface area contributed by atoms with Crippen LogP contribution in [-0.4, -0.2) is 136 Å². The lowest BCUT2D eigenvalue weighted by Crippen LogP contribution is -2.42. The molecule has 0 aliphatic carbocycles. The van der Waals surface area contributed by atoms with Crippen molar-refractivity contribution >= 4 is 64.9 Å². The second-order valence-electron chi connectivity index (χ2n) is 19.6. The lowest BCUT2D eigenvalue weighted by Gasteiger charge is -2.21. The molecule has 424 valence electrons. The minimum atomic E-state index is -1.52. The molecular weight excluding hydrogens is 981 g/mol. The first-order valence-electron chi connectivity index (χ1n) is 26.6. The van der Waals surface area contributed by atoms with Crippen LogP contribution in [0.2, 0.25) is 0 Å². The van der Waals surface area contributed by atoms with Crippen LogP contribution in [0.15, 0.2) is 12.5 Å². The van der Waals surface area contributed by atoms with Gasteiger partial charge in [0.05, 0.1) is 30.3 Å². The molecule has 75 heavy (non-hydrogen) atoms. The van der Waals surface area contributed by atoms with Crippen LogP contribution in [0.3, 0.4) is 0 Å². The van der Waals surface area contributed by atoms with Crippen LogP contribution in [0, 0.1) is 17.8 Å². The van der Waals surface area contributed by atoms with E-state index < -0.39 is 126 Å². The summed E-state index contributed by atoms with van der Waals surface area (Å²) in [5, 5.41) is 64.5. The molecule has 23 heteroatoms. The fraction of sp³-hybridized carbons (Fsp3) is 0.731. The number of amides is 3. The van der Waals surface area contributed by atoms with Crippen LogP contribution in [0.25, 0.3) is 0 Å². The number of aliphatic hydroxyl groups is 1. The van der Waals surface area contributed by atoms with Gasteiger partial charge >= 0.3 is 29.8 Å². The Morgan fingerprint density at radius 2 is 1.04 bits per heavy atom. The number of aromatic nitrogens is 2. The SMILES string of the molecule is CC(O)[C@H](CC(=O)[C@H](CCCCNC(=O)CC[C@H](NC(=O)CC[C@H](CC(=O)CC[C@H](NC(=O)CCCCCCCCCCCCCCCCC(=O)O)C(=O)O)C(=O)O)C(=O)O)CC(=O)[C@@H](N)Cc1cnc[nH]1)C(=O)O. The van der Waals surface area contributed by atoms with Crippen molar-refractivity contribution < 1.29 is 83.4 Å². The standard InChI is InChI=1S/C52H84N6O17/c1-34(59)39(50(70)71)31-43(61)35(29-44(62)40(53)30-37-32-54-33-56-37)18-16-17-27-55-45(63)26-24-42(52(74)75)58-47(65)25-21-36(49(68)69)28-38(60)22-23-41(51(72)73)57-46(64)19-14-12-10-8-6-4-2-3-5-7-9-11-13-15-20-48(66)67/h32-36,39-42,59H,2-31,53H2,1H3,(H,54,56)(H,55,63)(H,57,64)(H,58,65)(H,66,67)(H,68,69)(H,70,71)(H,72,73)(H,74,75)/t34?,35-,36-,39+,40+,41+,42+/m1/s1. The van der Waals surface area contributed by atoms with Gasteiger partial charge in [-0.2, -0.15) is 0 Å². The molecule has 0 bridgehead atoms. The summed E-state index contributed by atoms with van der Waals surface area (Å²) in [6.07, 6.45) is 13.6. The number of imidazole rings is 1. The normalized spacial score (nSPS) is 14.0. The monoisotopic (exact) mass is 1060 g/mol. The molecule has 0 radical (unpaired) electrons. The summed E-state index contributed by atoms with van der Waals surface area (Å²) < 4.78 is 0. The number of nitrogens with zero attached hydrogens (tertiary/aromatic N) is 1. The molecule has 1 heterocycles. The van der Waals surface area contributed by atoms with E-state index in [1.54, 1.807) is 0 Å². The van der Waals surface area contributed by atoms with Gasteiger partial charge in [-0.15, -0.1) is 0 Å². The molecule has 0 spiro atoms. The first-order chi connectivity index (χ1) is 35.6. The third-order valence-corrected chi connectivity index (χ3v) is 13.2. The Labute approximate surface area is 438 Å². The summed E-state index contributed by atoms with van der Waals surface area (Å²) in [7, 11) is 0. The Kier molecular flexibility index (Phi) is 35.1. The number of unbranched alkanes of at least 4 members (excludes halogenated alkanes) is 14. The first kappa shape index (κ1) is 66.9. The zero-order valence-corrected chi connectivity index (χ0v) is 43.6. The highest BCUT2D eigenvalue weighted by atomic mass is 16.4. The number of nitrogens with one attached hydrogen (secondary N) is 4. The van der Waals surface area contributed by atoms with Gasteiger partial charge in [0.2, 0.25) is 17.7 Å². The third-order valence-electron chi connectivity index (χ3n) is 13.2. The second kappa shape index (κ2) is 39.3. The van der Waals surface area contributed by atoms with E-state index in [4.69, 9.17) is 10.8 Å². The van der Waals surface area contributed by atoms with Gasteiger partial charge in [0.1, 0.15) is 23.7 Å². The van der Waals surface area contributed by atoms with E-state index in [0.717, 1.165) is 70.6 Å². The number of rotatable bonds is 48. The summed E-state index contributed by atoms with van der Waals surface area (Å²) in [4.78, 5) is 142. The quantitative estimate of drug-likeness (QED) is 0.0396. The van der Waals surface area contributed by atoms with E-state index in [-0.39, 0.29) is 70.8 Å². The number of aliphatic hydroxyl groups excluding tert-OH is 1. The average molecular weight is 1070 g/mol. The molecule has 0 fully saturated rings. The van der Waals surface area contributed by atoms with Gasteiger partial charge in [0.25, 0.3) is 0 Å². The number of ketones is 3. The van der Waals surface area contributed by atoms with E-state index in [2.05, 4.69) is 25.9 Å². The maximum absolute atomic E-state index is 13.2. The van der Waals surface area contributed by atoms with E-state index in [0.29, 0.717) is 25.0 Å². The Hall–Kier alpha value is -6.10. The minimum absolute atomic E-state index is 0.0928. The zero-order valence-electron chi connectivity index (χ0n) is 43.6. The van der Waals surface area contributed by atoms with Gasteiger partial charge in [0, 0.05) is 82.1 Å². The number of H-pyrrole nitrogens is 1. The zero-order chi connectivity index (χ0) is 56.1. The highest BCUT2D eigenvalue weighted by Gasteiger charge is 2.32. The van der Waals surface area contributed by atoms with Crippen molar-refractivity contribution in [1.29, 1.82) is 0 Å². The number of carbonyl (C=O) groups is 11. The smallest absolute Gasteiger partial charge is 0.326 e. The first-order valence-corrected chi connectivity index (χ1v) is 26.6. The summed E-state index contributed by atoms with van der Waals surface area (Å²) in [6, 6.07) is -3.85. The van der Waals surface area contributed by atoms with Crippen LogP contribution in [0.1, 0.15) is 192 Å². The summed E-state index contributed by atoms with van der Waals surface area (Å²) >= 11 is 0. The lowest BCUT2D eigenvalue weighted by atomic mass is 9.84. The summed E-state index contributed by atoms with van der Waals surface area (Å²) in [5.41, 5.74) is 6.68. The van der Waals surface area contributed by atoms with Crippen molar-refractivity contribution in [1.82, 2.24) is 25.9 Å². The molecule has 12 N–H and O–H groups in total. The molecule has 0 saturated carbocycles. The number of carboxylic acids is 5. The van der Waals surface area contributed by atoms with Crippen LogP contribution < -0.4 is 21.7 Å². The van der Waals surface area contributed by atoms with Crippen molar-refractivity contribution in [3.8, 4) is 0 Å². The van der Waals surface area contributed by atoms with Crippen molar-refractivity contribution in [3.05, 3.63) is 18.2 Å². The Balaban J connectivity index is 2.45. The highest BCUT2D eigenvalue weighted by Crippen LogP contribution is 2.23. The van der Waals surface area contributed by atoms with Crippen LogP contribution in [-0.2, 0) is 59.2 Å². The minimum Gasteiger partial charge on any atom is -0.481 e. The van der Waals surface area contributed by atoms with Crippen molar-refractivity contribution in [2.45, 2.75) is 217 Å². The number of Topliss-reactive ketones (excluding diaryl/α,β-unsaturated/α-hetero) is 3. The largest absolute Gasteiger partial charge is 0.481 e. The van der Waals surface area contributed by atoms with E-state index in [9.17, 15) is 78.3 Å². The van der Waals surface area contributed by atoms with E-state index in [1.807, 2.05) is 0 Å². The van der Waals surface area contributed by atoms with Crippen molar-refractivity contribution in [2.24, 2.45) is 23.5 Å². The van der Waals surface area contributed by atoms with Gasteiger partial charge in [-0.05, 0) is 51.9 Å². The van der Waals surface area contributed by atoms with Gasteiger partial charge in [-0.1, -0.05) is 83.5 Å². The molecular formula is C52H84N6O17. The third kappa shape index (κ3) is 32.7. The van der Waals surface area contributed by atoms with Gasteiger partial charge in [0.15, 0.2) is 5.78 Å². The number of hydrogen-bond acceptors (Lipinski definition) is 14. The molecule has 1 aromatic rings. The summed E-state index contributed by atoms with van der Waals surface area (Å²) in [5.74, 6) is -13.4. The Morgan fingerprint density at radius 1 is 0.533 bits per heavy atom. The molecule has 0 aromatic carbocycles. The van der Waals surface area contributed by atoms with E-state index >= 15 is 0 Å². The molecule has 1 aromatic heterocycles. The van der Waals surface area contributed by atoms with Crippen molar-refractivity contribution in [3.63, 3.8) is 0 Å². The maximum Gasteiger partial charge on any atom is 0.326 e. The number of carbonyl (C=O) groups excluding carboxylic acids is 6. The van der Waals surface area contributed by atoms with Crippen LogP contribution in [0.5, 0.6) is 0 Å². The van der Waals surface area contributed by atoms with E-state index in [1.165, 1.54) is 32.3 Å². The predicted molar refractivity (Wildman–Crippen MR) is 272 cm³/mol. The second-order valence-corrected chi connectivity index (χ2v) is 19.6. The summed E-state index contributed by atoms with van der Waals surface area (Å²) in [6.45, 7) is 1.34. The Morgan fingerprint density at radius 3 is 1.52 bits per heavy atom. The van der Waals surface area contributed by atoms with Crippen molar-refractivity contribution in [2.75, 3.05) is 6.54 Å². The molecule has 0 saturated heterocycles. The van der Waals surface area contributed by atoms with Gasteiger partial charge < -0.3 is 57.3 Å². The number of aliphatic carboxylic acids is 5. The highest BCUT2D eigenvalue weighted by molar-refractivity contribution is 5.92. The van der Waals surface area contributed by atoms with Crippen LogP contribution >= 0.6 is 0 Å². The molecule has 1 rings (SSSR count). The molecule has 0 aliphatic heterocycles. The number of hydrogen-bond donors (Lipinski definition) is 11. The molecule has 0 aliphatic rings. The fourth-order valence-corrected chi connectivity index (χ4v) is 8.50. The molecule has 23 nitrogen and oxygen atoms in total. The van der Waals surface area contributed by atoms with Crippen LogP contribution in [0.4, 0.5) is 0 Å². The Bertz CT molecular complexity index is 1940. The maximum atomic E-state index is 13.2. The molecule has 3 amide bonds. The van der Waals surface area contributed by atoms with Gasteiger partial charge in [-0.3, -0.25) is 43.2 Å². The number of aromatic amines is 1.